The molecule has 0 fully saturated rings. The molecule has 5 heteroatoms. The van der Waals surface area contributed by atoms with Crippen molar-refractivity contribution in [3.8, 4) is 0 Å². The summed E-state index contributed by atoms with van der Waals surface area (Å²) >= 11 is 0. The molecule has 0 aliphatic rings. The van der Waals surface area contributed by atoms with Gasteiger partial charge >= 0.3 is 5.97 Å². The predicted molar refractivity (Wildman–Crippen MR) is 104 cm³/mol. The molecule has 2 N–H and O–H groups in total. The lowest BCUT2D eigenvalue weighted by molar-refractivity contribution is -0.137. The summed E-state index contributed by atoms with van der Waals surface area (Å²) < 4.78 is 0. The summed E-state index contributed by atoms with van der Waals surface area (Å²) in [6.07, 6.45) is -0.0978. The van der Waals surface area contributed by atoms with E-state index in [1.807, 2.05) is 63.2 Å². The highest BCUT2D eigenvalue weighted by atomic mass is 16.4. The van der Waals surface area contributed by atoms with Gasteiger partial charge in [0, 0.05) is 18.4 Å². The highest BCUT2D eigenvalue weighted by molar-refractivity contribution is 5.99. The van der Waals surface area contributed by atoms with Crippen LogP contribution in [0, 0.1) is 20.8 Å². The van der Waals surface area contributed by atoms with Crippen molar-refractivity contribution in [3.63, 3.8) is 0 Å². The van der Waals surface area contributed by atoms with E-state index in [2.05, 4.69) is 5.32 Å². The monoisotopic (exact) mass is 367 g/mol. The van der Waals surface area contributed by atoms with Gasteiger partial charge in [0.2, 0.25) is 5.91 Å². The SMILES string of the molecule is Cc1ccc(C)c(C(=O)CCC(=O)NC(CC(=O)O)c2ccccc2C)c1. The van der Waals surface area contributed by atoms with Gasteiger partial charge in [0.05, 0.1) is 12.5 Å². The van der Waals surface area contributed by atoms with E-state index in [4.69, 9.17) is 5.11 Å². The van der Waals surface area contributed by atoms with Gasteiger partial charge in [-0.3, -0.25) is 14.4 Å². The van der Waals surface area contributed by atoms with Crippen molar-refractivity contribution in [2.75, 3.05) is 0 Å². The van der Waals surface area contributed by atoms with Crippen molar-refractivity contribution in [1.29, 1.82) is 0 Å². The van der Waals surface area contributed by atoms with Gasteiger partial charge in [-0.05, 0) is 43.5 Å². The third-order valence-corrected chi connectivity index (χ3v) is 4.55. The second kappa shape index (κ2) is 9.12. The minimum absolute atomic E-state index is 0.0220. The first-order chi connectivity index (χ1) is 12.8. The standard InChI is InChI=1S/C22H25NO4/c1-14-8-9-16(3)18(12-14)20(24)10-11-21(25)23-19(13-22(26)27)17-7-5-4-6-15(17)2/h4-9,12,19H,10-11,13H2,1-3H3,(H,23,25)(H,26,27). The Balaban J connectivity index is 2.03. The molecule has 1 unspecified atom stereocenters. The Hall–Kier alpha value is -2.95. The van der Waals surface area contributed by atoms with Gasteiger partial charge in [-0.15, -0.1) is 0 Å². The maximum absolute atomic E-state index is 12.4. The molecule has 0 bridgehead atoms. The largest absolute Gasteiger partial charge is 0.481 e. The summed E-state index contributed by atoms with van der Waals surface area (Å²) in [6.45, 7) is 5.66. The fourth-order valence-corrected chi connectivity index (χ4v) is 3.06. The average Bonchev–Trinajstić information content (AvgIpc) is 2.61. The number of aliphatic carboxylic acids is 1. The Labute approximate surface area is 159 Å². The number of Topliss-reactive ketones (excluding diaryl/α,β-unsaturated/α-hetero) is 1. The van der Waals surface area contributed by atoms with E-state index in [1.165, 1.54) is 0 Å². The summed E-state index contributed by atoms with van der Waals surface area (Å²) in [4.78, 5) is 36.0. The highest BCUT2D eigenvalue weighted by Gasteiger charge is 2.20. The van der Waals surface area contributed by atoms with Crippen LogP contribution >= 0.6 is 0 Å². The number of rotatable bonds is 8. The van der Waals surface area contributed by atoms with E-state index >= 15 is 0 Å². The molecule has 1 amide bonds. The molecule has 0 heterocycles. The molecule has 0 spiro atoms. The Morgan fingerprint density at radius 2 is 1.67 bits per heavy atom. The van der Waals surface area contributed by atoms with Crippen LogP contribution in [0.2, 0.25) is 0 Å². The van der Waals surface area contributed by atoms with Crippen LogP contribution in [0.15, 0.2) is 42.5 Å². The number of hydrogen-bond acceptors (Lipinski definition) is 3. The van der Waals surface area contributed by atoms with Crippen LogP contribution in [0.5, 0.6) is 0 Å². The van der Waals surface area contributed by atoms with Crippen LogP contribution in [0.3, 0.4) is 0 Å². The van der Waals surface area contributed by atoms with Crippen LogP contribution in [-0.2, 0) is 9.59 Å². The van der Waals surface area contributed by atoms with Gasteiger partial charge in [0.1, 0.15) is 0 Å². The molecule has 2 aromatic carbocycles. The third kappa shape index (κ3) is 5.78. The summed E-state index contributed by atoms with van der Waals surface area (Å²) in [5, 5.41) is 11.9. The van der Waals surface area contributed by atoms with E-state index in [-0.39, 0.29) is 31.0 Å². The van der Waals surface area contributed by atoms with Gasteiger partial charge in [0.25, 0.3) is 0 Å². The maximum Gasteiger partial charge on any atom is 0.305 e. The summed E-state index contributed by atoms with van der Waals surface area (Å²) in [7, 11) is 0. The highest BCUT2D eigenvalue weighted by Crippen LogP contribution is 2.21. The Kier molecular flexibility index (Phi) is 6.88. The van der Waals surface area contributed by atoms with Crippen molar-refractivity contribution in [2.45, 2.75) is 46.1 Å². The fraction of sp³-hybridized carbons (Fsp3) is 0.318. The molecule has 0 saturated heterocycles. The fourth-order valence-electron chi connectivity index (χ4n) is 3.06. The molecule has 5 nitrogen and oxygen atoms in total. The van der Waals surface area contributed by atoms with Gasteiger partial charge in [-0.2, -0.15) is 0 Å². The van der Waals surface area contributed by atoms with Gasteiger partial charge in [-0.25, -0.2) is 0 Å². The van der Waals surface area contributed by atoms with E-state index in [0.29, 0.717) is 5.56 Å². The molecule has 27 heavy (non-hydrogen) atoms. The maximum atomic E-state index is 12.4. The smallest absolute Gasteiger partial charge is 0.305 e. The lowest BCUT2D eigenvalue weighted by atomic mass is 9.97. The van der Waals surface area contributed by atoms with Crippen LogP contribution in [0.25, 0.3) is 0 Å². The van der Waals surface area contributed by atoms with Gasteiger partial charge in [0.15, 0.2) is 5.78 Å². The van der Waals surface area contributed by atoms with Crippen molar-refractivity contribution < 1.29 is 19.5 Å². The number of ketones is 1. The third-order valence-electron chi connectivity index (χ3n) is 4.55. The van der Waals surface area contributed by atoms with Crippen molar-refractivity contribution in [3.05, 3.63) is 70.3 Å². The first-order valence-corrected chi connectivity index (χ1v) is 8.95. The average molecular weight is 367 g/mol. The van der Waals surface area contributed by atoms with Crippen LogP contribution in [0.1, 0.15) is 57.9 Å². The minimum atomic E-state index is -0.991. The van der Waals surface area contributed by atoms with Crippen molar-refractivity contribution >= 4 is 17.7 Å². The minimum Gasteiger partial charge on any atom is -0.481 e. The number of amides is 1. The normalized spacial score (nSPS) is 11.7. The molecule has 0 aliphatic carbocycles. The number of carboxylic acid groups (broad SMARTS) is 1. The molecule has 0 saturated carbocycles. The molecule has 0 radical (unpaired) electrons. The van der Waals surface area contributed by atoms with Gasteiger partial charge in [-0.1, -0.05) is 42.0 Å². The van der Waals surface area contributed by atoms with E-state index < -0.39 is 12.0 Å². The zero-order valence-electron chi connectivity index (χ0n) is 15.9. The first-order valence-electron chi connectivity index (χ1n) is 8.95. The first kappa shape index (κ1) is 20.4. The molecule has 2 rings (SSSR count). The second-order valence-corrected chi connectivity index (χ2v) is 6.82. The number of carbonyl (C=O) groups is 3. The zero-order chi connectivity index (χ0) is 20.0. The number of hydrogen-bond donors (Lipinski definition) is 2. The van der Waals surface area contributed by atoms with E-state index in [9.17, 15) is 14.4 Å². The molecule has 2 aromatic rings. The van der Waals surface area contributed by atoms with Crippen LogP contribution in [-0.4, -0.2) is 22.8 Å². The number of carbonyl (C=O) groups excluding carboxylic acids is 2. The molecule has 142 valence electrons. The Bertz CT molecular complexity index is 857. The predicted octanol–water partition coefficient (Wildman–Crippen LogP) is 3.91. The lowest BCUT2D eigenvalue weighted by Gasteiger charge is -2.19. The number of nitrogens with one attached hydrogen (secondary N) is 1. The molecule has 0 aromatic heterocycles. The van der Waals surface area contributed by atoms with E-state index in [0.717, 1.165) is 22.3 Å². The quantitative estimate of drug-likeness (QED) is 0.693. The zero-order valence-corrected chi connectivity index (χ0v) is 15.9. The topological polar surface area (TPSA) is 83.5 Å². The van der Waals surface area contributed by atoms with Gasteiger partial charge < -0.3 is 10.4 Å². The number of aryl methyl sites for hydroxylation is 3. The second-order valence-electron chi connectivity index (χ2n) is 6.82. The molecular formula is C22H25NO4. The molecule has 1 atom stereocenters. The summed E-state index contributed by atoms with van der Waals surface area (Å²) in [5.41, 5.74) is 4.19. The number of carboxylic acids is 1. The van der Waals surface area contributed by atoms with Crippen LogP contribution in [0.4, 0.5) is 0 Å². The Morgan fingerprint density at radius 1 is 0.963 bits per heavy atom. The van der Waals surface area contributed by atoms with Crippen molar-refractivity contribution in [1.82, 2.24) is 5.32 Å². The Morgan fingerprint density at radius 3 is 2.33 bits per heavy atom. The van der Waals surface area contributed by atoms with E-state index in [1.54, 1.807) is 0 Å². The van der Waals surface area contributed by atoms with Crippen LogP contribution < -0.4 is 5.32 Å². The number of benzene rings is 2. The summed E-state index contributed by atoms with van der Waals surface area (Å²) in [6, 6.07) is 12.4. The van der Waals surface area contributed by atoms with Crippen molar-refractivity contribution in [2.24, 2.45) is 0 Å². The molecule has 0 aliphatic heterocycles. The summed E-state index contributed by atoms with van der Waals surface area (Å²) in [5.74, 6) is -1.41. The lowest BCUT2D eigenvalue weighted by Crippen LogP contribution is -2.30. The molecular weight excluding hydrogens is 342 g/mol.